The van der Waals surface area contributed by atoms with E-state index in [1.165, 1.54) is 12.1 Å². The Morgan fingerprint density at radius 1 is 0.621 bits per heavy atom. The highest BCUT2D eigenvalue weighted by Gasteiger charge is 2.43. The van der Waals surface area contributed by atoms with Gasteiger partial charge in [0.05, 0.1) is 24.3 Å². The number of ether oxygens (including phenoxy) is 1. The first-order chi connectivity index (χ1) is 14.0. The highest BCUT2D eigenvalue weighted by Crippen LogP contribution is 2.44. The van der Waals surface area contributed by atoms with Crippen molar-refractivity contribution in [2.75, 3.05) is 26.3 Å². The highest BCUT2D eigenvalue weighted by atomic mass is 19.4. The van der Waals surface area contributed by atoms with E-state index in [2.05, 4.69) is 4.90 Å². The minimum Gasteiger partial charge on any atom is -0.379 e. The molecular weight excluding hydrogens is 375 g/mol. The lowest BCUT2D eigenvalue weighted by Crippen LogP contribution is -2.52. The van der Waals surface area contributed by atoms with E-state index in [1.54, 1.807) is 6.07 Å². The van der Waals surface area contributed by atoms with E-state index < -0.39 is 17.3 Å². The molecule has 150 valence electrons. The molecule has 4 rings (SSSR count). The summed E-state index contributed by atoms with van der Waals surface area (Å²) in [6.45, 7) is 2.33. The van der Waals surface area contributed by atoms with Crippen molar-refractivity contribution in [1.29, 1.82) is 0 Å². The van der Waals surface area contributed by atoms with Crippen LogP contribution >= 0.6 is 0 Å². The number of hydrogen-bond donors (Lipinski definition) is 0. The average Bonchev–Trinajstić information content (AvgIpc) is 2.76. The molecule has 0 atom stereocenters. The molecule has 0 aromatic heterocycles. The zero-order valence-electron chi connectivity index (χ0n) is 15.9. The Bertz CT molecular complexity index is 896. The van der Waals surface area contributed by atoms with E-state index in [0.717, 1.165) is 17.2 Å². The van der Waals surface area contributed by atoms with Crippen LogP contribution in [0.25, 0.3) is 0 Å². The van der Waals surface area contributed by atoms with Crippen LogP contribution in [0, 0.1) is 0 Å². The fraction of sp³-hybridized carbons (Fsp3) is 0.250. The maximum absolute atomic E-state index is 13.6. The van der Waals surface area contributed by atoms with Gasteiger partial charge in [-0.2, -0.15) is 13.2 Å². The second-order valence-corrected chi connectivity index (χ2v) is 7.12. The maximum Gasteiger partial charge on any atom is 0.416 e. The Balaban J connectivity index is 2.03. The minimum atomic E-state index is -4.40. The molecule has 0 N–H and O–H groups in total. The van der Waals surface area contributed by atoms with Crippen LogP contribution in [-0.4, -0.2) is 31.2 Å². The monoisotopic (exact) mass is 397 g/mol. The molecule has 1 aliphatic rings. The summed E-state index contributed by atoms with van der Waals surface area (Å²) in [4.78, 5) is 2.23. The number of benzene rings is 3. The SMILES string of the molecule is FC(F)(F)c1cccc(C(c2ccccc2)(c2ccccc2)N2CCOCC2)c1. The van der Waals surface area contributed by atoms with Crippen molar-refractivity contribution in [3.8, 4) is 0 Å². The fourth-order valence-electron chi connectivity index (χ4n) is 4.23. The molecule has 29 heavy (non-hydrogen) atoms. The van der Waals surface area contributed by atoms with Gasteiger partial charge in [0.15, 0.2) is 0 Å². The van der Waals surface area contributed by atoms with E-state index in [0.29, 0.717) is 31.9 Å². The molecule has 0 aliphatic carbocycles. The third-order valence-electron chi connectivity index (χ3n) is 5.48. The standard InChI is InChI=1S/C24H22F3NO/c25-24(26,27)22-13-7-12-21(18-22)23(19-8-3-1-4-9-19,20-10-5-2-6-11-20)28-14-16-29-17-15-28/h1-13,18H,14-17H2. The molecule has 0 bridgehead atoms. The molecule has 1 fully saturated rings. The van der Waals surface area contributed by atoms with Crippen LogP contribution in [0.15, 0.2) is 84.9 Å². The van der Waals surface area contributed by atoms with Gasteiger partial charge in [-0.1, -0.05) is 72.8 Å². The maximum atomic E-state index is 13.6. The summed E-state index contributed by atoms with van der Waals surface area (Å²) in [6, 6.07) is 25.2. The van der Waals surface area contributed by atoms with Crippen molar-refractivity contribution in [2.45, 2.75) is 11.7 Å². The first-order valence-electron chi connectivity index (χ1n) is 9.64. The fourth-order valence-corrected chi connectivity index (χ4v) is 4.23. The lowest BCUT2D eigenvalue weighted by molar-refractivity contribution is -0.137. The molecule has 1 saturated heterocycles. The van der Waals surface area contributed by atoms with Gasteiger partial charge in [-0.05, 0) is 28.8 Å². The molecule has 3 aromatic carbocycles. The van der Waals surface area contributed by atoms with E-state index in [4.69, 9.17) is 4.74 Å². The molecule has 1 heterocycles. The van der Waals surface area contributed by atoms with Gasteiger partial charge in [0.1, 0.15) is 0 Å². The Hall–Kier alpha value is -2.63. The summed E-state index contributed by atoms with van der Waals surface area (Å²) >= 11 is 0. The Morgan fingerprint density at radius 3 is 1.62 bits per heavy atom. The predicted octanol–water partition coefficient (Wildman–Crippen LogP) is 5.33. The second kappa shape index (κ2) is 8.01. The number of nitrogens with zero attached hydrogens (tertiary/aromatic N) is 1. The summed E-state index contributed by atoms with van der Waals surface area (Å²) in [5.74, 6) is 0. The zero-order chi connectivity index (χ0) is 20.3. The Kier molecular flexibility index (Phi) is 5.43. The largest absolute Gasteiger partial charge is 0.416 e. The number of rotatable bonds is 4. The average molecular weight is 397 g/mol. The molecule has 0 spiro atoms. The normalized spacial score (nSPS) is 16.0. The molecule has 2 nitrogen and oxygen atoms in total. The van der Waals surface area contributed by atoms with Crippen molar-refractivity contribution in [1.82, 2.24) is 4.90 Å². The summed E-state index contributed by atoms with van der Waals surface area (Å²) in [7, 11) is 0. The predicted molar refractivity (Wildman–Crippen MR) is 107 cm³/mol. The van der Waals surface area contributed by atoms with Crippen LogP contribution in [0.2, 0.25) is 0 Å². The van der Waals surface area contributed by atoms with Crippen LogP contribution < -0.4 is 0 Å². The van der Waals surface area contributed by atoms with Gasteiger partial charge < -0.3 is 4.74 Å². The summed E-state index contributed by atoms with van der Waals surface area (Å²) in [5.41, 5.74) is 0.999. The van der Waals surface area contributed by atoms with Crippen LogP contribution in [0.5, 0.6) is 0 Å². The number of hydrogen-bond acceptors (Lipinski definition) is 2. The van der Waals surface area contributed by atoms with E-state index in [9.17, 15) is 13.2 Å². The summed E-state index contributed by atoms with van der Waals surface area (Å²) in [5, 5.41) is 0. The van der Waals surface area contributed by atoms with Gasteiger partial charge in [0, 0.05) is 13.1 Å². The topological polar surface area (TPSA) is 12.5 Å². The van der Waals surface area contributed by atoms with Crippen molar-refractivity contribution in [3.05, 3.63) is 107 Å². The smallest absolute Gasteiger partial charge is 0.379 e. The van der Waals surface area contributed by atoms with Crippen LogP contribution in [0.4, 0.5) is 13.2 Å². The third-order valence-corrected chi connectivity index (χ3v) is 5.48. The van der Waals surface area contributed by atoms with Crippen LogP contribution in [0.3, 0.4) is 0 Å². The van der Waals surface area contributed by atoms with E-state index >= 15 is 0 Å². The lowest BCUT2D eigenvalue weighted by Gasteiger charge is -2.47. The van der Waals surface area contributed by atoms with E-state index in [-0.39, 0.29) is 0 Å². The number of alkyl halides is 3. The number of morpholine rings is 1. The molecule has 5 heteroatoms. The molecule has 3 aromatic rings. The zero-order valence-corrected chi connectivity index (χ0v) is 15.9. The van der Waals surface area contributed by atoms with Gasteiger partial charge in [-0.25, -0.2) is 0 Å². The van der Waals surface area contributed by atoms with Crippen molar-refractivity contribution in [3.63, 3.8) is 0 Å². The molecule has 0 unspecified atom stereocenters. The molecule has 0 amide bonds. The van der Waals surface area contributed by atoms with Crippen LogP contribution in [0.1, 0.15) is 22.3 Å². The summed E-state index contributed by atoms with van der Waals surface area (Å²) < 4.78 is 46.3. The minimum absolute atomic E-state index is 0.542. The summed E-state index contributed by atoms with van der Waals surface area (Å²) in [6.07, 6.45) is -4.40. The third kappa shape index (κ3) is 3.68. The van der Waals surface area contributed by atoms with Crippen LogP contribution in [-0.2, 0) is 16.5 Å². The van der Waals surface area contributed by atoms with Gasteiger partial charge in [0.2, 0.25) is 0 Å². The molecule has 1 aliphatic heterocycles. The lowest BCUT2D eigenvalue weighted by atomic mass is 9.75. The Labute approximate surface area is 168 Å². The van der Waals surface area contributed by atoms with Gasteiger partial charge in [-0.3, -0.25) is 4.90 Å². The van der Waals surface area contributed by atoms with Gasteiger partial charge >= 0.3 is 6.18 Å². The van der Waals surface area contributed by atoms with Gasteiger partial charge in [0.25, 0.3) is 0 Å². The second-order valence-electron chi connectivity index (χ2n) is 7.12. The first-order valence-corrected chi connectivity index (χ1v) is 9.64. The van der Waals surface area contributed by atoms with Crippen molar-refractivity contribution >= 4 is 0 Å². The first kappa shape index (κ1) is 19.7. The number of halogens is 3. The van der Waals surface area contributed by atoms with E-state index in [1.807, 2.05) is 60.7 Å². The van der Waals surface area contributed by atoms with Crippen molar-refractivity contribution in [2.24, 2.45) is 0 Å². The van der Waals surface area contributed by atoms with Gasteiger partial charge in [-0.15, -0.1) is 0 Å². The van der Waals surface area contributed by atoms with Crippen molar-refractivity contribution < 1.29 is 17.9 Å². The molecule has 0 saturated carbocycles. The highest BCUT2D eigenvalue weighted by molar-refractivity contribution is 5.50. The molecule has 0 radical (unpaired) electrons. The molecular formula is C24H22F3NO. The quantitative estimate of drug-likeness (QED) is 0.552. The Morgan fingerprint density at radius 2 is 1.10 bits per heavy atom.